The molecule has 1 rings (SSSR count). The molecule has 0 heterocycles. The summed E-state index contributed by atoms with van der Waals surface area (Å²) in [5.74, 6) is 1.54. The van der Waals surface area contributed by atoms with Crippen LogP contribution in [0.2, 0.25) is 6.04 Å². The minimum absolute atomic E-state index is 0.767. The molecule has 1 atom stereocenters. The average Bonchev–Trinajstić information content (AvgIpc) is 2.39. The molecule has 119 valence electrons. The van der Waals surface area contributed by atoms with Crippen molar-refractivity contribution in [2.45, 2.75) is 78.7 Å². The third-order valence-corrected chi connectivity index (χ3v) is 8.21. The Labute approximate surface area is 127 Å². The SMILES string of the molecule is CCCCC(CC)C[Si]([CH]C1CCC1)(OCC)OCC. The molecule has 0 bridgehead atoms. The van der Waals surface area contributed by atoms with Gasteiger partial charge in [0.05, 0.1) is 0 Å². The topological polar surface area (TPSA) is 18.5 Å². The summed E-state index contributed by atoms with van der Waals surface area (Å²) in [4.78, 5) is 0. The molecule has 1 radical (unpaired) electrons. The molecule has 0 aromatic rings. The highest BCUT2D eigenvalue weighted by Gasteiger charge is 2.42. The predicted molar refractivity (Wildman–Crippen MR) is 88.8 cm³/mol. The molecule has 0 aromatic heterocycles. The second-order valence-electron chi connectivity index (χ2n) is 6.16. The van der Waals surface area contributed by atoms with Crippen molar-refractivity contribution < 1.29 is 8.85 Å². The van der Waals surface area contributed by atoms with Crippen molar-refractivity contribution in [1.82, 2.24) is 0 Å². The van der Waals surface area contributed by atoms with Crippen LogP contribution < -0.4 is 0 Å². The maximum absolute atomic E-state index is 6.25. The van der Waals surface area contributed by atoms with E-state index < -0.39 is 8.56 Å². The molecule has 3 heteroatoms. The summed E-state index contributed by atoms with van der Waals surface area (Å²) in [5.41, 5.74) is 0. The molecule has 1 fully saturated rings. The van der Waals surface area contributed by atoms with Crippen LogP contribution in [0.5, 0.6) is 0 Å². The first-order chi connectivity index (χ1) is 9.69. The summed E-state index contributed by atoms with van der Waals surface area (Å²) in [6, 6.07) is 3.69. The summed E-state index contributed by atoms with van der Waals surface area (Å²) in [6.45, 7) is 10.4. The first-order valence-corrected chi connectivity index (χ1v) is 10.9. The molecule has 0 N–H and O–H groups in total. The number of hydrogen-bond acceptors (Lipinski definition) is 2. The lowest BCUT2D eigenvalue weighted by atomic mass is 9.87. The Bertz CT molecular complexity index is 235. The van der Waals surface area contributed by atoms with E-state index in [1.54, 1.807) is 0 Å². The molecule has 2 nitrogen and oxygen atoms in total. The van der Waals surface area contributed by atoms with Crippen LogP contribution in [0.25, 0.3) is 0 Å². The van der Waals surface area contributed by atoms with Crippen molar-refractivity contribution in [3.05, 3.63) is 6.04 Å². The molecule has 1 unspecified atom stereocenters. The van der Waals surface area contributed by atoms with Gasteiger partial charge in [0, 0.05) is 19.3 Å². The fourth-order valence-corrected chi connectivity index (χ4v) is 7.10. The number of hydrogen-bond donors (Lipinski definition) is 0. The average molecular weight is 300 g/mol. The molecule has 1 saturated carbocycles. The molecule has 0 aliphatic heterocycles. The minimum atomic E-state index is -2.09. The van der Waals surface area contributed by atoms with Crippen LogP contribution in [-0.2, 0) is 8.85 Å². The summed E-state index contributed by atoms with van der Waals surface area (Å²) in [5, 5.41) is 0. The molecule has 0 amide bonds. The highest BCUT2D eigenvalue weighted by Crippen LogP contribution is 2.37. The smallest absolute Gasteiger partial charge is 0.342 e. The maximum atomic E-state index is 6.25. The van der Waals surface area contributed by atoms with Crippen LogP contribution >= 0.6 is 0 Å². The van der Waals surface area contributed by atoms with Gasteiger partial charge in [-0.1, -0.05) is 58.8 Å². The van der Waals surface area contributed by atoms with Gasteiger partial charge in [0.1, 0.15) is 0 Å². The monoisotopic (exact) mass is 299 g/mol. The lowest BCUT2D eigenvalue weighted by Crippen LogP contribution is -2.47. The van der Waals surface area contributed by atoms with Crippen LogP contribution in [-0.4, -0.2) is 21.8 Å². The van der Waals surface area contributed by atoms with Gasteiger partial charge in [-0.25, -0.2) is 0 Å². The second kappa shape index (κ2) is 9.96. The Morgan fingerprint density at radius 1 is 1.10 bits per heavy atom. The summed E-state index contributed by atoms with van der Waals surface area (Å²) >= 11 is 0. The quantitative estimate of drug-likeness (QED) is 0.457. The van der Waals surface area contributed by atoms with Crippen LogP contribution in [0.3, 0.4) is 0 Å². The van der Waals surface area contributed by atoms with E-state index in [4.69, 9.17) is 8.85 Å². The normalized spacial score (nSPS) is 18.0. The van der Waals surface area contributed by atoms with Crippen molar-refractivity contribution >= 4 is 8.56 Å². The van der Waals surface area contributed by atoms with Gasteiger partial charge in [-0.2, -0.15) is 0 Å². The maximum Gasteiger partial charge on any atom is 0.342 e. The van der Waals surface area contributed by atoms with E-state index in [0.29, 0.717) is 0 Å². The van der Waals surface area contributed by atoms with Crippen LogP contribution in [0, 0.1) is 17.9 Å². The number of rotatable bonds is 12. The molecule has 0 spiro atoms. The second-order valence-corrected chi connectivity index (χ2v) is 9.10. The first kappa shape index (κ1) is 18.2. The summed E-state index contributed by atoms with van der Waals surface area (Å²) < 4.78 is 12.5. The Hall–Kier alpha value is 0.137. The van der Waals surface area contributed by atoms with Crippen molar-refractivity contribution in [2.75, 3.05) is 13.2 Å². The van der Waals surface area contributed by atoms with Gasteiger partial charge in [-0.3, -0.25) is 0 Å². The Balaban J connectivity index is 2.65. The Morgan fingerprint density at radius 2 is 1.75 bits per heavy atom. The predicted octanol–water partition coefficient (Wildman–Crippen LogP) is 5.26. The highest BCUT2D eigenvalue weighted by atomic mass is 28.4. The van der Waals surface area contributed by atoms with E-state index in [1.807, 2.05) is 0 Å². The van der Waals surface area contributed by atoms with E-state index in [0.717, 1.165) is 25.0 Å². The van der Waals surface area contributed by atoms with Crippen molar-refractivity contribution in [3.63, 3.8) is 0 Å². The summed E-state index contributed by atoms with van der Waals surface area (Å²) in [6.07, 6.45) is 9.30. The lowest BCUT2D eigenvalue weighted by molar-refractivity contribution is 0.174. The van der Waals surface area contributed by atoms with E-state index in [1.165, 1.54) is 51.0 Å². The van der Waals surface area contributed by atoms with Crippen molar-refractivity contribution in [3.8, 4) is 0 Å². The van der Waals surface area contributed by atoms with Gasteiger partial charge in [0.2, 0.25) is 0 Å². The Kier molecular flexibility index (Phi) is 9.06. The van der Waals surface area contributed by atoms with Gasteiger partial charge >= 0.3 is 8.56 Å². The third-order valence-electron chi connectivity index (χ3n) is 4.53. The fourth-order valence-electron chi connectivity index (χ4n) is 3.12. The Morgan fingerprint density at radius 3 is 2.15 bits per heavy atom. The molecule has 0 saturated heterocycles. The van der Waals surface area contributed by atoms with Gasteiger partial charge in [0.25, 0.3) is 0 Å². The molecular formula is C17H35O2Si. The molecule has 1 aliphatic carbocycles. The zero-order valence-corrected chi connectivity index (χ0v) is 15.1. The van der Waals surface area contributed by atoms with Gasteiger partial charge in [0.15, 0.2) is 0 Å². The highest BCUT2D eigenvalue weighted by molar-refractivity contribution is 6.71. The van der Waals surface area contributed by atoms with Gasteiger partial charge in [-0.15, -0.1) is 0 Å². The first-order valence-electron chi connectivity index (χ1n) is 8.83. The standard InChI is InChI=1S/C17H35O2Si/c1-5-9-11-16(6-2)14-20(18-7-3,19-8-4)15-17-12-10-13-17/h15-17H,5-14H2,1-4H3. The minimum Gasteiger partial charge on any atom is -0.394 e. The third kappa shape index (κ3) is 5.86. The zero-order chi connectivity index (χ0) is 14.8. The molecule has 20 heavy (non-hydrogen) atoms. The lowest BCUT2D eigenvalue weighted by Gasteiger charge is -2.38. The fraction of sp³-hybridized carbons (Fsp3) is 0.941. The van der Waals surface area contributed by atoms with Crippen molar-refractivity contribution in [1.29, 1.82) is 0 Å². The van der Waals surface area contributed by atoms with E-state index in [-0.39, 0.29) is 0 Å². The molecule has 0 aromatic carbocycles. The molecular weight excluding hydrogens is 264 g/mol. The summed E-state index contributed by atoms with van der Waals surface area (Å²) in [7, 11) is -2.09. The van der Waals surface area contributed by atoms with E-state index in [2.05, 4.69) is 33.7 Å². The molecule has 1 aliphatic rings. The van der Waals surface area contributed by atoms with Crippen molar-refractivity contribution in [2.24, 2.45) is 11.8 Å². The van der Waals surface area contributed by atoms with E-state index in [9.17, 15) is 0 Å². The van der Waals surface area contributed by atoms with Crippen LogP contribution in [0.4, 0.5) is 0 Å². The van der Waals surface area contributed by atoms with E-state index >= 15 is 0 Å². The largest absolute Gasteiger partial charge is 0.394 e. The number of unbranched alkanes of at least 4 members (excludes halogenated alkanes) is 1. The van der Waals surface area contributed by atoms with Gasteiger partial charge in [-0.05, 0) is 31.7 Å². The zero-order valence-electron chi connectivity index (χ0n) is 14.1. The van der Waals surface area contributed by atoms with Crippen LogP contribution in [0.1, 0.15) is 72.6 Å². The van der Waals surface area contributed by atoms with Crippen LogP contribution in [0.15, 0.2) is 0 Å². The van der Waals surface area contributed by atoms with Gasteiger partial charge < -0.3 is 8.85 Å².